The Balaban J connectivity index is 1.47. The van der Waals surface area contributed by atoms with Gasteiger partial charge in [-0.05, 0) is 29.9 Å². The number of amidine groups is 1. The second kappa shape index (κ2) is 5.56. The van der Waals surface area contributed by atoms with Crippen LogP contribution >= 0.6 is 0 Å². The van der Waals surface area contributed by atoms with E-state index >= 15 is 0 Å². The van der Waals surface area contributed by atoms with Gasteiger partial charge in [0, 0.05) is 17.7 Å². The average molecular weight is 336 g/mol. The molecule has 0 bridgehead atoms. The lowest BCUT2D eigenvalue weighted by Crippen LogP contribution is -2.45. The maximum Gasteiger partial charge on any atom is 0.284 e. The van der Waals surface area contributed by atoms with Crippen molar-refractivity contribution in [1.29, 1.82) is 0 Å². The van der Waals surface area contributed by atoms with Crippen LogP contribution < -0.4 is 15.1 Å². The molecule has 0 saturated heterocycles. The number of nitrogens with one attached hydrogen (secondary N) is 2. The number of aromatic amines is 1. The smallest absolute Gasteiger partial charge is 0.284 e. The van der Waals surface area contributed by atoms with E-state index in [-0.39, 0.29) is 5.82 Å². The van der Waals surface area contributed by atoms with E-state index in [1.54, 1.807) is 18.3 Å². The first-order valence-electron chi connectivity index (χ1n) is 8.36. The molecule has 2 N–H and O–H groups in total. The van der Waals surface area contributed by atoms with Crippen molar-refractivity contribution in [1.82, 2.24) is 15.1 Å². The predicted molar refractivity (Wildman–Crippen MR) is 94.7 cm³/mol. The van der Waals surface area contributed by atoms with Crippen molar-refractivity contribution in [3.8, 4) is 0 Å². The van der Waals surface area contributed by atoms with E-state index in [1.807, 2.05) is 34.3 Å². The number of anilines is 2. The highest BCUT2D eigenvalue weighted by Crippen LogP contribution is 2.39. The van der Waals surface area contributed by atoms with Gasteiger partial charge in [0.25, 0.3) is 11.7 Å². The zero-order chi connectivity index (χ0) is 16.8. The lowest BCUT2D eigenvalue weighted by Gasteiger charge is -2.25. The van der Waals surface area contributed by atoms with E-state index in [4.69, 9.17) is 0 Å². The fraction of sp³-hybridized carbons (Fsp3) is 0.222. The molecule has 0 spiro atoms. The highest BCUT2D eigenvalue weighted by atomic mass is 19.1. The van der Waals surface area contributed by atoms with Crippen molar-refractivity contribution in [3.63, 3.8) is 0 Å². The second-order valence-electron chi connectivity index (χ2n) is 6.41. The molecule has 0 unspecified atom stereocenters. The third kappa shape index (κ3) is 2.62. The van der Waals surface area contributed by atoms with Crippen molar-refractivity contribution in [2.24, 2.45) is 4.99 Å². The summed E-state index contributed by atoms with van der Waals surface area (Å²) >= 11 is 0. The molecule has 3 aliphatic rings. The van der Waals surface area contributed by atoms with Crippen LogP contribution in [0.15, 0.2) is 59.7 Å². The van der Waals surface area contributed by atoms with Crippen LogP contribution in [0.3, 0.4) is 0 Å². The van der Waals surface area contributed by atoms with Gasteiger partial charge in [-0.1, -0.05) is 12.1 Å². The Morgan fingerprint density at radius 3 is 3.00 bits per heavy atom. The molecular formula is C18H17FN6+. The maximum absolute atomic E-state index is 14.2. The molecule has 1 fully saturated rings. The molecule has 7 heteroatoms. The average Bonchev–Trinajstić information content (AvgIpc) is 3.17. The molecule has 2 aliphatic heterocycles. The molecule has 2 aromatic rings. The van der Waals surface area contributed by atoms with Crippen LogP contribution in [0.5, 0.6) is 0 Å². The van der Waals surface area contributed by atoms with Crippen LogP contribution in [-0.4, -0.2) is 22.6 Å². The summed E-state index contributed by atoms with van der Waals surface area (Å²) in [6.07, 6.45) is 7.96. The number of halogens is 1. The molecule has 1 aromatic carbocycles. The van der Waals surface area contributed by atoms with E-state index in [2.05, 4.69) is 20.5 Å². The lowest BCUT2D eigenvalue weighted by molar-refractivity contribution is 0.625. The number of para-hydroxylation sites is 1. The van der Waals surface area contributed by atoms with Gasteiger partial charge in [0.15, 0.2) is 12.0 Å². The number of benzene rings is 1. The van der Waals surface area contributed by atoms with Crippen LogP contribution in [0.1, 0.15) is 24.5 Å². The summed E-state index contributed by atoms with van der Waals surface area (Å²) in [6, 6.07) is 8.79. The van der Waals surface area contributed by atoms with E-state index in [0.717, 1.165) is 23.2 Å². The van der Waals surface area contributed by atoms with E-state index in [0.29, 0.717) is 18.2 Å². The molecule has 3 heterocycles. The standard InChI is InChI=1S/C18H17FN6/c19-13-3-1-2-4-15(13)24-10-17-20-7-8-25(17)18(11-24)21-16-9-14(22-23-16)12-5-6-12/h1-4,7-9,11-12H,5-6,10H2,(H2,21,22,23)/q+1. The van der Waals surface area contributed by atoms with Crippen LogP contribution in [0.2, 0.25) is 0 Å². The van der Waals surface area contributed by atoms with Gasteiger partial charge < -0.3 is 4.90 Å². The Morgan fingerprint density at radius 1 is 1.28 bits per heavy atom. The normalized spacial score (nSPS) is 19.6. The van der Waals surface area contributed by atoms with Crippen molar-refractivity contribution in [2.45, 2.75) is 18.8 Å². The van der Waals surface area contributed by atoms with Crippen LogP contribution in [0.25, 0.3) is 0 Å². The number of fused-ring (bicyclic) bond motifs is 1. The number of nitrogens with zero attached hydrogens (tertiary/aromatic N) is 4. The molecule has 6 nitrogen and oxygen atoms in total. The number of hydrogen-bond donors (Lipinski definition) is 2. The van der Waals surface area contributed by atoms with Gasteiger partial charge in [-0.3, -0.25) is 10.4 Å². The fourth-order valence-corrected chi connectivity index (χ4v) is 3.15. The van der Waals surface area contributed by atoms with Crippen molar-refractivity contribution < 1.29 is 4.39 Å². The van der Waals surface area contributed by atoms with Crippen LogP contribution in [-0.2, 0) is 0 Å². The van der Waals surface area contributed by atoms with Crippen LogP contribution in [0.4, 0.5) is 15.9 Å². The molecule has 125 valence electrons. The van der Waals surface area contributed by atoms with Crippen molar-refractivity contribution in [3.05, 3.63) is 66.3 Å². The van der Waals surface area contributed by atoms with Gasteiger partial charge in [0.2, 0.25) is 0 Å². The Hall–Kier alpha value is -2.93. The molecule has 1 aliphatic carbocycles. The SMILES string of the molecule is Fc1ccccc1N1C=C(Nc2cc(C3CC3)[nH]n2)[N+]2C=CN=C2C1. The number of H-pyrrole nitrogens is 1. The molecule has 0 atom stereocenters. The minimum Gasteiger partial charge on any atom is -0.327 e. The third-order valence-corrected chi connectivity index (χ3v) is 4.60. The van der Waals surface area contributed by atoms with Gasteiger partial charge in [-0.25, -0.2) is 4.39 Å². The Morgan fingerprint density at radius 2 is 2.16 bits per heavy atom. The Labute approximate surface area is 144 Å². The quantitative estimate of drug-likeness (QED) is 0.843. The van der Waals surface area contributed by atoms with Gasteiger partial charge in [-0.15, -0.1) is 0 Å². The molecule has 1 saturated carbocycles. The third-order valence-electron chi connectivity index (χ3n) is 4.60. The number of hydrogen-bond acceptors (Lipinski definition) is 5. The molecule has 1 radical (unpaired) electrons. The Kier molecular flexibility index (Phi) is 3.21. The lowest BCUT2D eigenvalue weighted by atomic mass is 10.2. The zero-order valence-corrected chi connectivity index (χ0v) is 13.5. The fourth-order valence-electron chi connectivity index (χ4n) is 3.15. The van der Waals surface area contributed by atoms with Crippen molar-refractivity contribution in [2.75, 3.05) is 16.8 Å². The van der Waals surface area contributed by atoms with E-state index in [1.165, 1.54) is 18.9 Å². The predicted octanol–water partition coefficient (Wildman–Crippen LogP) is 3.18. The molecular weight excluding hydrogens is 319 g/mol. The molecule has 1 aromatic heterocycles. The molecule has 0 amide bonds. The first kappa shape index (κ1) is 14.4. The first-order chi connectivity index (χ1) is 12.3. The largest absolute Gasteiger partial charge is 0.327 e. The minimum atomic E-state index is -0.256. The number of aromatic nitrogens is 2. The van der Waals surface area contributed by atoms with Gasteiger partial charge >= 0.3 is 0 Å². The summed E-state index contributed by atoms with van der Waals surface area (Å²) in [5.74, 6) is 2.74. The first-order valence-corrected chi connectivity index (χ1v) is 8.36. The summed E-state index contributed by atoms with van der Waals surface area (Å²) in [4.78, 5) is 8.20. The summed E-state index contributed by atoms with van der Waals surface area (Å²) in [5, 5.41) is 10.8. The number of rotatable bonds is 4. The summed E-state index contributed by atoms with van der Waals surface area (Å²) in [6.45, 7) is 0.507. The summed E-state index contributed by atoms with van der Waals surface area (Å²) in [5.41, 5.74) is 1.69. The second-order valence-corrected chi connectivity index (χ2v) is 6.41. The van der Waals surface area contributed by atoms with E-state index < -0.39 is 0 Å². The minimum absolute atomic E-state index is 0.256. The van der Waals surface area contributed by atoms with Gasteiger partial charge in [-0.2, -0.15) is 10.1 Å². The molecule has 25 heavy (non-hydrogen) atoms. The Bertz CT molecular complexity index is 908. The maximum atomic E-state index is 14.2. The highest BCUT2D eigenvalue weighted by Gasteiger charge is 2.38. The van der Waals surface area contributed by atoms with Gasteiger partial charge in [0.1, 0.15) is 12.4 Å². The zero-order valence-electron chi connectivity index (χ0n) is 13.5. The van der Waals surface area contributed by atoms with Crippen LogP contribution in [0, 0.1) is 5.82 Å². The highest BCUT2D eigenvalue weighted by molar-refractivity contribution is 5.96. The summed E-state index contributed by atoms with van der Waals surface area (Å²) < 4.78 is 14.2. The van der Waals surface area contributed by atoms with Crippen molar-refractivity contribution >= 4 is 17.3 Å². The summed E-state index contributed by atoms with van der Waals surface area (Å²) in [7, 11) is 0. The molecule has 5 rings (SSSR count). The van der Waals surface area contributed by atoms with E-state index in [9.17, 15) is 4.39 Å². The van der Waals surface area contributed by atoms with Gasteiger partial charge in [0.05, 0.1) is 18.1 Å². The number of aliphatic imine (C=N–C) groups is 1. The monoisotopic (exact) mass is 336 g/mol. The topological polar surface area (TPSA) is 62.2 Å².